The second-order valence-electron chi connectivity index (χ2n) is 3.75. The third kappa shape index (κ3) is 4.34. The van der Waals surface area contributed by atoms with Crippen LogP contribution in [0.5, 0.6) is 5.75 Å². The van der Waals surface area contributed by atoms with Gasteiger partial charge in [0.25, 0.3) is 0 Å². The second-order valence-corrected chi connectivity index (χ2v) is 3.75. The molecule has 1 atom stereocenters. The van der Waals surface area contributed by atoms with Gasteiger partial charge in [0.1, 0.15) is 5.75 Å². The smallest absolute Gasteiger partial charge is 0.471 e. The summed E-state index contributed by atoms with van der Waals surface area (Å²) in [5, 5.41) is 11.0. The van der Waals surface area contributed by atoms with Crippen LogP contribution < -0.4 is 5.32 Å². The zero-order valence-electron chi connectivity index (χ0n) is 9.08. The van der Waals surface area contributed by atoms with Crippen LogP contribution in [-0.2, 0) is 11.2 Å². The van der Waals surface area contributed by atoms with E-state index in [9.17, 15) is 18.0 Å². The van der Waals surface area contributed by atoms with Gasteiger partial charge in [-0.15, -0.1) is 0 Å². The van der Waals surface area contributed by atoms with Crippen molar-refractivity contribution < 1.29 is 23.1 Å². The van der Waals surface area contributed by atoms with E-state index in [1.54, 1.807) is 12.1 Å². The van der Waals surface area contributed by atoms with Gasteiger partial charge >= 0.3 is 12.1 Å². The van der Waals surface area contributed by atoms with E-state index in [2.05, 4.69) is 0 Å². The summed E-state index contributed by atoms with van der Waals surface area (Å²) in [6, 6.07) is 5.49. The molecule has 0 radical (unpaired) electrons. The first kappa shape index (κ1) is 13.3. The van der Waals surface area contributed by atoms with Crippen LogP contribution in [0.15, 0.2) is 24.3 Å². The normalized spacial score (nSPS) is 13.2. The monoisotopic (exact) mass is 247 g/mol. The predicted octanol–water partition coefficient (Wildman–Crippen LogP) is 2.00. The number of carbonyl (C=O) groups excluding carboxylic acids is 1. The molecule has 1 amide bonds. The minimum Gasteiger partial charge on any atom is -0.508 e. The maximum Gasteiger partial charge on any atom is 0.471 e. The third-order valence-corrected chi connectivity index (χ3v) is 2.09. The van der Waals surface area contributed by atoms with Gasteiger partial charge in [-0.1, -0.05) is 12.1 Å². The van der Waals surface area contributed by atoms with Crippen LogP contribution in [0.4, 0.5) is 13.2 Å². The minimum absolute atomic E-state index is 0.0387. The Bertz CT molecular complexity index is 404. The molecule has 0 bridgehead atoms. The van der Waals surface area contributed by atoms with Crippen LogP contribution in [-0.4, -0.2) is 23.2 Å². The van der Waals surface area contributed by atoms with Gasteiger partial charge in [-0.3, -0.25) is 4.79 Å². The van der Waals surface area contributed by atoms with Crippen molar-refractivity contribution in [1.82, 2.24) is 5.32 Å². The summed E-state index contributed by atoms with van der Waals surface area (Å²) in [5.74, 6) is -1.91. The lowest BCUT2D eigenvalue weighted by Crippen LogP contribution is -2.42. The summed E-state index contributed by atoms with van der Waals surface area (Å²) in [6.45, 7) is 1.47. The first-order valence-corrected chi connectivity index (χ1v) is 4.94. The largest absolute Gasteiger partial charge is 0.508 e. The summed E-state index contributed by atoms with van der Waals surface area (Å²) < 4.78 is 35.9. The number of nitrogens with one attached hydrogen (secondary N) is 1. The molecule has 0 saturated carbocycles. The van der Waals surface area contributed by atoms with E-state index >= 15 is 0 Å². The molecule has 0 saturated heterocycles. The number of aromatic hydroxyl groups is 1. The van der Waals surface area contributed by atoms with Crippen LogP contribution in [0.2, 0.25) is 0 Å². The second kappa shape index (κ2) is 5.07. The summed E-state index contributed by atoms with van der Waals surface area (Å²) in [5.41, 5.74) is 0.653. The highest BCUT2D eigenvalue weighted by molar-refractivity contribution is 5.81. The molecule has 0 aliphatic carbocycles. The lowest BCUT2D eigenvalue weighted by Gasteiger charge is -2.15. The molecule has 3 nitrogen and oxygen atoms in total. The summed E-state index contributed by atoms with van der Waals surface area (Å²) in [6.07, 6.45) is -4.65. The van der Waals surface area contributed by atoms with E-state index in [4.69, 9.17) is 5.11 Å². The SMILES string of the molecule is C[C@@H](Cc1cccc(O)c1)NC(=O)C(F)(F)F. The Balaban J connectivity index is 2.56. The van der Waals surface area contributed by atoms with E-state index in [-0.39, 0.29) is 12.2 Å². The van der Waals surface area contributed by atoms with Crippen molar-refractivity contribution in [2.45, 2.75) is 25.6 Å². The number of rotatable bonds is 3. The summed E-state index contributed by atoms with van der Waals surface area (Å²) in [7, 11) is 0. The van der Waals surface area contributed by atoms with E-state index in [0.29, 0.717) is 5.56 Å². The Hall–Kier alpha value is -1.72. The maximum absolute atomic E-state index is 12.0. The van der Waals surface area contributed by atoms with Gasteiger partial charge in [-0.2, -0.15) is 13.2 Å². The molecule has 2 N–H and O–H groups in total. The van der Waals surface area contributed by atoms with E-state index < -0.39 is 18.1 Å². The average Bonchev–Trinajstić information content (AvgIpc) is 2.15. The minimum atomic E-state index is -4.87. The molecule has 0 aromatic heterocycles. The van der Waals surface area contributed by atoms with Gasteiger partial charge < -0.3 is 10.4 Å². The molecular formula is C11H12F3NO2. The number of phenols is 1. The summed E-state index contributed by atoms with van der Waals surface area (Å²) >= 11 is 0. The van der Waals surface area contributed by atoms with Crippen molar-refractivity contribution in [2.75, 3.05) is 0 Å². The number of halogens is 3. The first-order valence-electron chi connectivity index (χ1n) is 4.94. The van der Waals surface area contributed by atoms with E-state index in [0.717, 1.165) is 0 Å². The molecule has 0 spiro atoms. The van der Waals surface area contributed by atoms with Gasteiger partial charge in [0, 0.05) is 6.04 Å². The number of carbonyl (C=O) groups is 1. The predicted molar refractivity (Wildman–Crippen MR) is 55.5 cm³/mol. The first-order chi connectivity index (χ1) is 7.79. The highest BCUT2D eigenvalue weighted by Crippen LogP contribution is 2.16. The molecule has 1 aromatic carbocycles. The lowest BCUT2D eigenvalue weighted by molar-refractivity contribution is -0.174. The van der Waals surface area contributed by atoms with E-state index in [1.165, 1.54) is 19.1 Å². The number of hydrogen-bond donors (Lipinski definition) is 2. The molecule has 6 heteroatoms. The van der Waals surface area contributed by atoms with Crippen LogP contribution in [0, 0.1) is 0 Å². The fraction of sp³-hybridized carbons (Fsp3) is 0.364. The zero-order chi connectivity index (χ0) is 13.1. The molecule has 17 heavy (non-hydrogen) atoms. The fourth-order valence-corrected chi connectivity index (χ4v) is 1.39. The topological polar surface area (TPSA) is 49.3 Å². The van der Waals surface area contributed by atoms with Gasteiger partial charge in [-0.05, 0) is 31.0 Å². The van der Waals surface area contributed by atoms with Crippen LogP contribution in [0.1, 0.15) is 12.5 Å². The highest BCUT2D eigenvalue weighted by atomic mass is 19.4. The van der Waals surface area contributed by atoms with Crippen molar-refractivity contribution in [2.24, 2.45) is 0 Å². The molecule has 0 heterocycles. The molecule has 94 valence electrons. The van der Waals surface area contributed by atoms with Crippen molar-refractivity contribution in [3.63, 3.8) is 0 Å². The zero-order valence-corrected chi connectivity index (χ0v) is 9.08. The highest BCUT2D eigenvalue weighted by Gasteiger charge is 2.39. The Morgan fingerprint density at radius 2 is 2.12 bits per heavy atom. The molecule has 1 aromatic rings. The standard InChI is InChI=1S/C11H12F3NO2/c1-7(15-10(17)11(12,13)14)5-8-3-2-4-9(16)6-8/h2-4,6-7,16H,5H2,1H3,(H,15,17)/t7-/m0/s1. The molecule has 0 aliphatic rings. The van der Waals surface area contributed by atoms with Crippen molar-refractivity contribution in [3.05, 3.63) is 29.8 Å². The number of amides is 1. The Labute approximate surface area is 96.3 Å². The number of alkyl halides is 3. The molecule has 0 aliphatic heterocycles. The maximum atomic E-state index is 12.0. The Morgan fingerprint density at radius 3 is 2.65 bits per heavy atom. The van der Waals surface area contributed by atoms with Gasteiger partial charge in [0.15, 0.2) is 0 Å². The number of hydrogen-bond acceptors (Lipinski definition) is 2. The van der Waals surface area contributed by atoms with Crippen LogP contribution in [0.3, 0.4) is 0 Å². The van der Waals surface area contributed by atoms with Crippen molar-refractivity contribution in [1.29, 1.82) is 0 Å². The molecule has 0 unspecified atom stereocenters. The number of benzene rings is 1. The number of phenolic OH excluding ortho intramolecular Hbond substituents is 1. The van der Waals surface area contributed by atoms with E-state index in [1.807, 2.05) is 5.32 Å². The lowest BCUT2D eigenvalue weighted by atomic mass is 10.1. The quantitative estimate of drug-likeness (QED) is 0.858. The van der Waals surface area contributed by atoms with Gasteiger partial charge in [0.05, 0.1) is 0 Å². The van der Waals surface area contributed by atoms with Gasteiger partial charge in [-0.25, -0.2) is 0 Å². The average molecular weight is 247 g/mol. The van der Waals surface area contributed by atoms with Crippen LogP contribution >= 0.6 is 0 Å². The van der Waals surface area contributed by atoms with Gasteiger partial charge in [0.2, 0.25) is 0 Å². The van der Waals surface area contributed by atoms with Crippen molar-refractivity contribution in [3.8, 4) is 5.75 Å². The molecule has 0 fully saturated rings. The fourth-order valence-electron chi connectivity index (χ4n) is 1.39. The Morgan fingerprint density at radius 1 is 1.47 bits per heavy atom. The summed E-state index contributed by atoms with van der Waals surface area (Å²) in [4.78, 5) is 10.6. The third-order valence-electron chi connectivity index (χ3n) is 2.09. The van der Waals surface area contributed by atoms with Crippen molar-refractivity contribution >= 4 is 5.91 Å². The van der Waals surface area contributed by atoms with Crippen LogP contribution in [0.25, 0.3) is 0 Å². The molecular weight excluding hydrogens is 235 g/mol. The Kier molecular flexibility index (Phi) is 3.98. The molecule has 1 rings (SSSR count).